The van der Waals surface area contributed by atoms with Crippen LogP contribution in [-0.2, 0) is 11.2 Å². The molecule has 27 heavy (non-hydrogen) atoms. The van der Waals surface area contributed by atoms with Gasteiger partial charge in [-0.1, -0.05) is 12.1 Å². The predicted molar refractivity (Wildman–Crippen MR) is 97.4 cm³/mol. The monoisotopic (exact) mass is 368 g/mol. The maximum atomic E-state index is 13.1. The lowest BCUT2D eigenvalue weighted by atomic mass is 9.99. The second kappa shape index (κ2) is 7.41. The first kappa shape index (κ1) is 18.3. The summed E-state index contributed by atoms with van der Waals surface area (Å²) >= 11 is 0. The molecule has 0 aliphatic rings. The quantitative estimate of drug-likeness (QED) is 0.699. The molecule has 7 heteroatoms. The van der Waals surface area contributed by atoms with Crippen molar-refractivity contribution in [2.45, 2.75) is 6.42 Å². The number of carbonyl (C=O) groups is 2. The van der Waals surface area contributed by atoms with Gasteiger partial charge in [-0.2, -0.15) is 0 Å². The number of hydrogen-bond donors (Lipinski definition) is 1. The van der Waals surface area contributed by atoms with E-state index in [0.29, 0.717) is 17.3 Å². The average molecular weight is 368 g/mol. The molecule has 2 N–H and O–H groups in total. The minimum atomic E-state index is -0.700. The Morgan fingerprint density at radius 1 is 1.07 bits per heavy atom. The fraction of sp³-hybridized carbons (Fsp3) is 0.150. The van der Waals surface area contributed by atoms with Crippen molar-refractivity contribution in [1.82, 2.24) is 4.98 Å². The van der Waals surface area contributed by atoms with Crippen LogP contribution in [0.15, 0.2) is 42.6 Å². The summed E-state index contributed by atoms with van der Waals surface area (Å²) in [5, 5.41) is 0.464. The van der Waals surface area contributed by atoms with Crippen LogP contribution >= 0.6 is 0 Å². The molecule has 1 amide bonds. The van der Waals surface area contributed by atoms with E-state index in [1.807, 2.05) is 0 Å². The van der Waals surface area contributed by atoms with Gasteiger partial charge in [-0.25, -0.2) is 9.18 Å². The third-order valence-electron chi connectivity index (χ3n) is 4.18. The largest absolute Gasteiger partial charge is 0.494 e. The van der Waals surface area contributed by atoms with Gasteiger partial charge < -0.3 is 15.2 Å². The smallest absolute Gasteiger partial charge is 0.341 e. The minimum absolute atomic E-state index is 0.0695. The number of esters is 1. The van der Waals surface area contributed by atoms with Crippen LogP contribution < -0.4 is 10.5 Å². The first-order valence-corrected chi connectivity index (χ1v) is 8.06. The highest BCUT2D eigenvalue weighted by Gasteiger charge is 2.22. The number of primary amides is 1. The third kappa shape index (κ3) is 3.57. The van der Waals surface area contributed by atoms with Crippen molar-refractivity contribution in [3.63, 3.8) is 0 Å². The van der Waals surface area contributed by atoms with E-state index >= 15 is 0 Å². The third-order valence-corrected chi connectivity index (χ3v) is 4.18. The van der Waals surface area contributed by atoms with Gasteiger partial charge in [0.1, 0.15) is 16.9 Å². The van der Waals surface area contributed by atoms with Gasteiger partial charge in [0.25, 0.3) is 0 Å². The van der Waals surface area contributed by atoms with Crippen molar-refractivity contribution in [3.05, 3.63) is 70.7 Å². The fourth-order valence-electron chi connectivity index (χ4n) is 2.92. The summed E-state index contributed by atoms with van der Waals surface area (Å²) in [5.74, 6) is -1.47. The molecule has 0 atom stereocenters. The summed E-state index contributed by atoms with van der Waals surface area (Å²) in [4.78, 5) is 28.4. The number of fused-ring (bicyclic) bond motifs is 1. The van der Waals surface area contributed by atoms with E-state index in [9.17, 15) is 14.0 Å². The Morgan fingerprint density at radius 3 is 2.37 bits per heavy atom. The number of nitrogens with two attached hydrogens (primary N) is 1. The van der Waals surface area contributed by atoms with Gasteiger partial charge >= 0.3 is 5.97 Å². The molecule has 0 spiro atoms. The van der Waals surface area contributed by atoms with Crippen LogP contribution in [0.1, 0.15) is 31.8 Å². The number of hydrogen-bond acceptors (Lipinski definition) is 5. The molecule has 1 heterocycles. The molecule has 3 aromatic rings. The Hall–Kier alpha value is -3.48. The normalized spacial score (nSPS) is 10.6. The van der Waals surface area contributed by atoms with Crippen LogP contribution in [0.2, 0.25) is 0 Å². The van der Waals surface area contributed by atoms with Gasteiger partial charge in [0.15, 0.2) is 5.75 Å². The molecule has 1 aromatic heterocycles. The lowest BCUT2D eigenvalue weighted by molar-refractivity contribution is 0.0597. The summed E-state index contributed by atoms with van der Waals surface area (Å²) in [6, 6.07) is 9.22. The number of halogens is 1. The highest BCUT2D eigenvalue weighted by Crippen LogP contribution is 2.32. The van der Waals surface area contributed by atoms with Crippen LogP contribution in [0.25, 0.3) is 10.9 Å². The second-order valence-corrected chi connectivity index (χ2v) is 5.90. The highest BCUT2D eigenvalue weighted by molar-refractivity contribution is 6.11. The molecule has 0 radical (unpaired) electrons. The van der Waals surface area contributed by atoms with Crippen LogP contribution in [-0.4, -0.2) is 31.1 Å². The second-order valence-electron chi connectivity index (χ2n) is 5.90. The van der Waals surface area contributed by atoms with E-state index in [0.717, 1.165) is 11.1 Å². The van der Waals surface area contributed by atoms with E-state index in [1.165, 1.54) is 32.4 Å². The molecule has 3 rings (SSSR count). The SMILES string of the molecule is COC(=O)c1cc(C(N)=O)c2cc(Cc3ccc(F)cc3)cnc2c1OC. The van der Waals surface area contributed by atoms with Gasteiger partial charge in [0.05, 0.1) is 14.2 Å². The maximum absolute atomic E-state index is 13.1. The zero-order chi connectivity index (χ0) is 19.6. The lowest BCUT2D eigenvalue weighted by Gasteiger charge is -2.13. The molecule has 2 aromatic carbocycles. The molecule has 0 bridgehead atoms. The molecule has 0 fully saturated rings. The summed E-state index contributed by atoms with van der Waals surface area (Å²) in [7, 11) is 2.63. The van der Waals surface area contributed by atoms with Crippen LogP contribution in [0.4, 0.5) is 4.39 Å². The Labute approximate surface area is 154 Å². The number of pyridine rings is 1. The molecule has 0 aliphatic heterocycles. The maximum Gasteiger partial charge on any atom is 0.341 e. The molecule has 0 aliphatic carbocycles. The van der Waals surface area contributed by atoms with E-state index in [-0.39, 0.29) is 22.7 Å². The Balaban J connectivity index is 2.17. The van der Waals surface area contributed by atoms with Gasteiger partial charge in [-0.3, -0.25) is 9.78 Å². The highest BCUT2D eigenvalue weighted by atomic mass is 19.1. The number of carbonyl (C=O) groups excluding carboxylic acids is 2. The Bertz CT molecular complexity index is 1030. The molecule has 0 saturated carbocycles. The van der Waals surface area contributed by atoms with Crippen molar-refractivity contribution < 1.29 is 23.5 Å². The van der Waals surface area contributed by atoms with Crippen LogP contribution in [0, 0.1) is 5.82 Å². The molecular formula is C20H17FN2O4. The molecule has 138 valence electrons. The topological polar surface area (TPSA) is 91.5 Å². The van der Waals surface area contributed by atoms with Gasteiger partial charge in [0.2, 0.25) is 5.91 Å². The zero-order valence-electron chi connectivity index (χ0n) is 14.8. The Morgan fingerprint density at radius 2 is 1.78 bits per heavy atom. The summed E-state index contributed by atoms with van der Waals surface area (Å²) < 4.78 is 23.2. The number of amides is 1. The number of aromatic nitrogens is 1. The number of rotatable bonds is 5. The summed E-state index contributed by atoms with van der Waals surface area (Å²) in [6.07, 6.45) is 2.10. The Kier molecular flexibility index (Phi) is 5.03. The molecular weight excluding hydrogens is 351 g/mol. The first-order valence-electron chi connectivity index (χ1n) is 8.06. The van der Waals surface area contributed by atoms with Crippen molar-refractivity contribution >= 4 is 22.8 Å². The van der Waals surface area contributed by atoms with E-state index in [4.69, 9.17) is 15.2 Å². The molecule has 0 unspecified atom stereocenters. The van der Waals surface area contributed by atoms with Crippen molar-refractivity contribution in [2.75, 3.05) is 14.2 Å². The van der Waals surface area contributed by atoms with Gasteiger partial charge in [-0.15, -0.1) is 0 Å². The van der Waals surface area contributed by atoms with Crippen molar-refractivity contribution in [3.8, 4) is 5.75 Å². The summed E-state index contributed by atoms with van der Waals surface area (Å²) in [5.41, 5.74) is 7.72. The minimum Gasteiger partial charge on any atom is -0.494 e. The summed E-state index contributed by atoms with van der Waals surface area (Å²) in [6.45, 7) is 0. The van der Waals surface area contributed by atoms with Crippen molar-refractivity contribution in [2.24, 2.45) is 5.73 Å². The van der Waals surface area contributed by atoms with Gasteiger partial charge in [-0.05, 0) is 41.8 Å². The zero-order valence-corrected chi connectivity index (χ0v) is 14.8. The van der Waals surface area contributed by atoms with Crippen molar-refractivity contribution in [1.29, 1.82) is 0 Å². The fourth-order valence-corrected chi connectivity index (χ4v) is 2.92. The van der Waals surface area contributed by atoms with Gasteiger partial charge in [0, 0.05) is 17.1 Å². The number of nitrogens with zero attached hydrogens (tertiary/aromatic N) is 1. The molecule has 6 nitrogen and oxygen atoms in total. The number of benzene rings is 2. The predicted octanol–water partition coefficient (Wildman–Crippen LogP) is 2.86. The first-order chi connectivity index (χ1) is 12.9. The standard InChI is InChI=1S/C20H17FN2O4/c1-26-18-16(20(25)27-2)9-15(19(22)24)14-8-12(10-23-17(14)18)7-11-3-5-13(21)6-4-11/h3-6,8-10H,7H2,1-2H3,(H2,22,24). The number of methoxy groups -OCH3 is 2. The van der Waals surface area contributed by atoms with E-state index in [1.54, 1.807) is 24.4 Å². The lowest BCUT2D eigenvalue weighted by Crippen LogP contribution is -2.15. The average Bonchev–Trinajstić information content (AvgIpc) is 2.67. The molecule has 0 saturated heterocycles. The van der Waals surface area contributed by atoms with E-state index < -0.39 is 11.9 Å². The van der Waals surface area contributed by atoms with E-state index in [2.05, 4.69) is 4.98 Å². The number of ether oxygens (including phenoxy) is 2. The van der Waals surface area contributed by atoms with Crippen LogP contribution in [0.5, 0.6) is 5.75 Å². The van der Waals surface area contributed by atoms with Crippen LogP contribution in [0.3, 0.4) is 0 Å².